The highest BCUT2D eigenvalue weighted by atomic mass is 35.5. The molecule has 122 valence electrons. The van der Waals surface area contributed by atoms with Gasteiger partial charge in [0.1, 0.15) is 0 Å². The number of anilines is 1. The van der Waals surface area contributed by atoms with Crippen molar-refractivity contribution in [1.29, 1.82) is 0 Å². The highest BCUT2D eigenvalue weighted by Gasteiger charge is 2.43. The van der Waals surface area contributed by atoms with Crippen LogP contribution in [0.1, 0.15) is 24.9 Å². The molecule has 4 nitrogen and oxygen atoms in total. The Hall–Kier alpha value is -2.59. The molecule has 3 rings (SSSR count). The van der Waals surface area contributed by atoms with Crippen molar-refractivity contribution in [3.8, 4) is 0 Å². The number of benzene rings is 2. The predicted octanol–water partition coefficient (Wildman–Crippen LogP) is 4.22. The van der Waals surface area contributed by atoms with E-state index in [2.05, 4.69) is 0 Å². The minimum atomic E-state index is -0.646. The minimum absolute atomic E-state index is 0.142. The Labute approximate surface area is 145 Å². The first-order valence-corrected chi connectivity index (χ1v) is 8.02. The van der Waals surface area contributed by atoms with E-state index in [-0.39, 0.29) is 17.8 Å². The zero-order chi connectivity index (χ0) is 17.3. The van der Waals surface area contributed by atoms with Gasteiger partial charge in [0.25, 0.3) is 5.91 Å². The molecule has 0 bridgehead atoms. The topological polar surface area (TPSA) is 57.6 Å². The average molecular weight is 342 g/mol. The predicted molar refractivity (Wildman–Crippen MR) is 93.1 cm³/mol. The highest BCUT2D eigenvalue weighted by molar-refractivity contribution is 6.30. The van der Waals surface area contributed by atoms with Crippen molar-refractivity contribution in [2.24, 2.45) is 0 Å². The van der Waals surface area contributed by atoms with Gasteiger partial charge in [-0.2, -0.15) is 0 Å². The molecule has 1 amide bonds. The number of amides is 1. The summed E-state index contributed by atoms with van der Waals surface area (Å²) < 4.78 is 0. The Bertz CT molecular complexity index is 812. The lowest BCUT2D eigenvalue weighted by molar-refractivity contribution is -0.118. The van der Waals surface area contributed by atoms with Crippen molar-refractivity contribution < 1.29 is 14.7 Å². The van der Waals surface area contributed by atoms with Crippen LogP contribution in [-0.4, -0.2) is 16.8 Å². The molecule has 2 aromatic carbocycles. The molecule has 0 radical (unpaired) electrons. The third kappa shape index (κ3) is 2.69. The molecule has 0 aliphatic carbocycles. The molecule has 1 heterocycles. The molecule has 5 heteroatoms. The van der Waals surface area contributed by atoms with E-state index < -0.39 is 17.7 Å². The van der Waals surface area contributed by atoms with E-state index in [1.165, 1.54) is 4.90 Å². The summed E-state index contributed by atoms with van der Waals surface area (Å²) in [5.41, 5.74) is 1.48. The number of hydrogen-bond donors (Lipinski definition) is 1. The molecule has 1 aliphatic rings. The van der Waals surface area contributed by atoms with Gasteiger partial charge in [-0.05, 0) is 29.8 Å². The quantitative estimate of drug-likeness (QED) is 0.905. The summed E-state index contributed by atoms with van der Waals surface area (Å²) in [6, 6.07) is 15.3. The smallest absolute Gasteiger partial charge is 0.294 e. The number of Topliss-reactive ketones (excluding diaryl/α,β-unsaturated/α-hetero) is 1. The number of carbonyl (C=O) groups excluding carboxylic acids is 2. The van der Waals surface area contributed by atoms with Crippen LogP contribution in [0.3, 0.4) is 0 Å². The zero-order valence-electron chi connectivity index (χ0n) is 13.1. The minimum Gasteiger partial charge on any atom is -0.503 e. The fourth-order valence-corrected chi connectivity index (χ4v) is 3.03. The first kappa shape index (κ1) is 16.3. The Kier molecular flexibility index (Phi) is 4.40. The van der Waals surface area contributed by atoms with Gasteiger partial charge in [-0.1, -0.05) is 48.9 Å². The van der Waals surface area contributed by atoms with Crippen molar-refractivity contribution in [2.75, 3.05) is 4.90 Å². The lowest BCUT2D eigenvalue weighted by Crippen LogP contribution is -2.30. The molecule has 0 aromatic heterocycles. The number of aliphatic hydroxyl groups is 1. The number of halogens is 1. The number of rotatable bonds is 4. The van der Waals surface area contributed by atoms with E-state index in [1.54, 1.807) is 31.2 Å². The van der Waals surface area contributed by atoms with Crippen molar-refractivity contribution in [3.05, 3.63) is 76.5 Å². The summed E-state index contributed by atoms with van der Waals surface area (Å²) in [6.45, 7) is 1.71. The number of carbonyl (C=O) groups is 2. The first-order chi connectivity index (χ1) is 11.5. The number of hydrogen-bond acceptors (Lipinski definition) is 3. The Morgan fingerprint density at radius 3 is 2.33 bits per heavy atom. The summed E-state index contributed by atoms with van der Waals surface area (Å²) in [4.78, 5) is 26.4. The molecule has 1 aliphatic heterocycles. The second kappa shape index (κ2) is 6.49. The van der Waals surface area contributed by atoms with Gasteiger partial charge in [-0.25, -0.2) is 0 Å². The highest BCUT2D eigenvalue weighted by Crippen LogP contribution is 2.41. The lowest BCUT2D eigenvalue weighted by Gasteiger charge is -2.27. The molecule has 2 aromatic rings. The van der Waals surface area contributed by atoms with Crippen LogP contribution in [0.15, 0.2) is 65.9 Å². The van der Waals surface area contributed by atoms with Crippen LogP contribution >= 0.6 is 11.6 Å². The maximum atomic E-state index is 12.6. The first-order valence-electron chi connectivity index (χ1n) is 7.65. The number of aliphatic hydroxyl groups excluding tert-OH is 1. The third-order valence-corrected chi connectivity index (χ3v) is 4.30. The van der Waals surface area contributed by atoms with E-state index in [4.69, 9.17) is 11.6 Å². The van der Waals surface area contributed by atoms with Crippen LogP contribution < -0.4 is 4.90 Å². The summed E-state index contributed by atoms with van der Waals surface area (Å²) in [6.07, 6.45) is 0.213. The Morgan fingerprint density at radius 2 is 1.75 bits per heavy atom. The van der Waals surface area contributed by atoms with Crippen LogP contribution in [0, 0.1) is 0 Å². The molecule has 1 N–H and O–H groups in total. The SMILES string of the molecule is CCC(=O)C1=C(O)C(=O)N(c2ccc(Cl)cc2)C1c1ccccc1. The number of nitrogens with zero attached hydrogens (tertiary/aromatic N) is 1. The van der Waals surface area contributed by atoms with Crippen LogP contribution in [0.4, 0.5) is 5.69 Å². The van der Waals surface area contributed by atoms with Gasteiger partial charge in [0.05, 0.1) is 11.6 Å². The van der Waals surface area contributed by atoms with Gasteiger partial charge in [0.2, 0.25) is 0 Å². The molecule has 24 heavy (non-hydrogen) atoms. The van der Waals surface area contributed by atoms with Gasteiger partial charge in [-0.3, -0.25) is 14.5 Å². The average Bonchev–Trinajstić information content (AvgIpc) is 2.87. The maximum absolute atomic E-state index is 12.6. The molecular formula is C19H16ClNO3. The largest absolute Gasteiger partial charge is 0.503 e. The summed E-state index contributed by atoms with van der Waals surface area (Å²) in [5, 5.41) is 10.9. The number of ketones is 1. The zero-order valence-corrected chi connectivity index (χ0v) is 13.8. The second-order valence-electron chi connectivity index (χ2n) is 5.50. The molecule has 0 saturated heterocycles. The summed E-state index contributed by atoms with van der Waals surface area (Å²) in [7, 11) is 0. The van der Waals surface area contributed by atoms with Crippen molar-refractivity contribution in [2.45, 2.75) is 19.4 Å². The van der Waals surface area contributed by atoms with Crippen LogP contribution in [0.5, 0.6) is 0 Å². The third-order valence-electron chi connectivity index (χ3n) is 4.05. The monoisotopic (exact) mass is 341 g/mol. The molecule has 0 spiro atoms. The summed E-state index contributed by atoms with van der Waals surface area (Å²) >= 11 is 5.92. The van der Waals surface area contributed by atoms with Gasteiger partial charge in [0, 0.05) is 17.1 Å². The van der Waals surface area contributed by atoms with Crippen molar-refractivity contribution in [3.63, 3.8) is 0 Å². The van der Waals surface area contributed by atoms with Crippen LogP contribution in [0.25, 0.3) is 0 Å². The Morgan fingerprint density at radius 1 is 1.12 bits per heavy atom. The van der Waals surface area contributed by atoms with E-state index >= 15 is 0 Å². The van der Waals surface area contributed by atoms with Gasteiger partial charge in [0.15, 0.2) is 11.5 Å². The molecule has 1 unspecified atom stereocenters. The summed E-state index contributed by atoms with van der Waals surface area (Å²) in [5.74, 6) is -1.31. The molecular weight excluding hydrogens is 326 g/mol. The van der Waals surface area contributed by atoms with Gasteiger partial charge >= 0.3 is 0 Å². The molecule has 1 atom stereocenters. The fourth-order valence-electron chi connectivity index (χ4n) is 2.90. The van der Waals surface area contributed by atoms with Crippen LogP contribution in [0.2, 0.25) is 5.02 Å². The van der Waals surface area contributed by atoms with Crippen molar-refractivity contribution in [1.82, 2.24) is 0 Å². The molecule has 0 saturated carbocycles. The van der Waals surface area contributed by atoms with E-state index in [9.17, 15) is 14.7 Å². The van der Waals surface area contributed by atoms with E-state index in [0.717, 1.165) is 5.56 Å². The molecule has 0 fully saturated rings. The van der Waals surface area contributed by atoms with E-state index in [1.807, 2.05) is 30.3 Å². The maximum Gasteiger partial charge on any atom is 0.294 e. The van der Waals surface area contributed by atoms with Crippen molar-refractivity contribution >= 4 is 29.0 Å². The standard InChI is InChI=1S/C19H16ClNO3/c1-2-15(22)16-17(12-6-4-3-5-7-12)21(19(24)18(16)23)14-10-8-13(20)9-11-14/h3-11,17,23H,2H2,1H3. The second-order valence-corrected chi connectivity index (χ2v) is 5.94. The Balaban J connectivity index is 2.16. The lowest BCUT2D eigenvalue weighted by atomic mass is 9.95. The fraction of sp³-hybridized carbons (Fsp3) is 0.158. The van der Waals surface area contributed by atoms with Gasteiger partial charge in [-0.15, -0.1) is 0 Å². The van der Waals surface area contributed by atoms with Crippen LogP contribution in [-0.2, 0) is 9.59 Å². The van der Waals surface area contributed by atoms with E-state index in [0.29, 0.717) is 10.7 Å². The van der Waals surface area contributed by atoms with Gasteiger partial charge < -0.3 is 5.11 Å². The normalized spacial score (nSPS) is 17.5.